The van der Waals surface area contributed by atoms with E-state index >= 15 is 0 Å². The summed E-state index contributed by atoms with van der Waals surface area (Å²) >= 11 is 0. The minimum Gasteiger partial charge on any atom is -0.385 e. The van der Waals surface area contributed by atoms with Gasteiger partial charge < -0.3 is 10.1 Å². The van der Waals surface area contributed by atoms with E-state index in [1.54, 1.807) is 7.11 Å². The largest absolute Gasteiger partial charge is 0.389 e. The van der Waals surface area contributed by atoms with Crippen LogP contribution in [0.3, 0.4) is 0 Å². The Kier molecular flexibility index (Phi) is 6.99. The van der Waals surface area contributed by atoms with Gasteiger partial charge in [0.25, 0.3) is 0 Å². The van der Waals surface area contributed by atoms with Crippen LogP contribution in [-0.2, 0) is 4.74 Å². The molecule has 0 aliphatic rings. The highest BCUT2D eigenvalue weighted by atomic mass is 19.4. The molecule has 0 heterocycles. The third-order valence-corrected chi connectivity index (χ3v) is 2.40. The number of nitrogens with one attached hydrogen (secondary N) is 1. The average Bonchev–Trinajstić information content (AvgIpc) is 2.12. The molecule has 0 bridgehead atoms. The summed E-state index contributed by atoms with van der Waals surface area (Å²) < 4.78 is 40.5. The molecule has 0 aliphatic heterocycles. The van der Waals surface area contributed by atoms with Gasteiger partial charge in [-0.05, 0) is 24.8 Å². The van der Waals surface area contributed by atoms with E-state index in [4.69, 9.17) is 4.74 Å². The molecule has 0 atom stereocenters. The number of hydrogen-bond donors (Lipinski definition) is 1. The lowest BCUT2D eigenvalue weighted by Crippen LogP contribution is -2.31. The molecule has 0 amide bonds. The number of ether oxygens (including phenoxy) is 1. The van der Waals surface area contributed by atoms with E-state index in [0.717, 1.165) is 6.42 Å². The summed E-state index contributed by atoms with van der Waals surface area (Å²) in [6.07, 6.45) is -3.70. The van der Waals surface area contributed by atoms with Gasteiger partial charge in [-0.25, -0.2) is 0 Å². The van der Waals surface area contributed by atoms with Gasteiger partial charge in [0.15, 0.2) is 0 Å². The number of methoxy groups -OCH3 is 1. The summed E-state index contributed by atoms with van der Waals surface area (Å²) in [5, 5.41) is 3.05. The monoisotopic (exact) mass is 241 g/mol. The first-order chi connectivity index (χ1) is 7.27. The molecule has 5 heteroatoms. The Labute approximate surface area is 95.5 Å². The minimum atomic E-state index is -4.03. The summed E-state index contributed by atoms with van der Waals surface area (Å²) in [7, 11) is 1.65. The fourth-order valence-corrected chi connectivity index (χ4v) is 1.31. The van der Waals surface area contributed by atoms with Crippen LogP contribution in [0.25, 0.3) is 0 Å². The van der Waals surface area contributed by atoms with E-state index in [1.807, 2.05) is 0 Å². The Balaban J connectivity index is 3.50. The molecular weight excluding hydrogens is 219 g/mol. The predicted octanol–water partition coefficient (Wildman–Crippen LogP) is 2.98. The summed E-state index contributed by atoms with van der Waals surface area (Å²) in [5.74, 6) is 0. The van der Waals surface area contributed by atoms with Crippen LogP contribution in [0.15, 0.2) is 0 Å². The van der Waals surface area contributed by atoms with E-state index in [2.05, 4.69) is 19.2 Å². The maximum Gasteiger partial charge on any atom is 0.389 e. The van der Waals surface area contributed by atoms with Gasteiger partial charge >= 0.3 is 6.18 Å². The number of hydrogen-bond acceptors (Lipinski definition) is 2. The Hall–Kier alpha value is -0.290. The van der Waals surface area contributed by atoms with E-state index in [0.29, 0.717) is 19.7 Å². The van der Waals surface area contributed by atoms with Gasteiger partial charge in [0.1, 0.15) is 0 Å². The van der Waals surface area contributed by atoms with Crippen LogP contribution in [0.1, 0.15) is 33.1 Å². The van der Waals surface area contributed by atoms with Crippen molar-refractivity contribution < 1.29 is 17.9 Å². The lowest BCUT2D eigenvalue weighted by Gasteiger charge is -2.24. The predicted molar refractivity (Wildman–Crippen MR) is 58.4 cm³/mol. The quantitative estimate of drug-likeness (QED) is 0.660. The first kappa shape index (κ1) is 15.7. The third kappa shape index (κ3) is 10.2. The van der Waals surface area contributed by atoms with E-state index in [1.165, 1.54) is 0 Å². The summed E-state index contributed by atoms with van der Waals surface area (Å²) in [6, 6.07) is 0. The molecule has 0 saturated heterocycles. The van der Waals surface area contributed by atoms with Gasteiger partial charge in [0.05, 0.1) is 0 Å². The third-order valence-electron chi connectivity index (χ3n) is 2.40. The van der Waals surface area contributed by atoms with Crippen molar-refractivity contribution in [1.29, 1.82) is 0 Å². The van der Waals surface area contributed by atoms with Crippen molar-refractivity contribution in [2.45, 2.75) is 39.3 Å². The first-order valence-electron chi connectivity index (χ1n) is 5.53. The number of halogens is 3. The zero-order valence-electron chi connectivity index (χ0n) is 10.3. The van der Waals surface area contributed by atoms with E-state index < -0.39 is 12.6 Å². The summed E-state index contributed by atoms with van der Waals surface area (Å²) in [4.78, 5) is 0. The number of rotatable bonds is 8. The van der Waals surface area contributed by atoms with Crippen LogP contribution in [-0.4, -0.2) is 33.0 Å². The smallest absolute Gasteiger partial charge is 0.385 e. The maximum absolute atomic E-state index is 11.8. The molecule has 2 nitrogen and oxygen atoms in total. The SMILES string of the molecule is COCCC(C)(C)CNCCCC(F)(F)F. The molecule has 0 rings (SSSR count). The van der Waals surface area contributed by atoms with Crippen LogP contribution in [0.2, 0.25) is 0 Å². The van der Waals surface area contributed by atoms with Gasteiger partial charge in [0, 0.05) is 26.7 Å². The van der Waals surface area contributed by atoms with E-state index in [9.17, 15) is 13.2 Å². The molecule has 1 N–H and O–H groups in total. The van der Waals surface area contributed by atoms with Gasteiger partial charge in [-0.3, -0.25) is 0 Å². The Morgan fingerprint density at radius 3 is 2.25 bits per heavy atom. The summed E-state index contributed by atoms with van der Waals surface area (Å²) in [5.41, 5.74) is 0.0637. The summed E-state index contributed by atoms with van der Waals surface area (Å²) in [6.45, 7) is 5.95. The van der Waals surface area contributed by atoms with Crippen LogP contribution >= 0.6 is 0 Å². The zero-order valence-corrected chi connectivity index (χ0v) is 10.3. The van der Waals surface area contributed by atoms with Gasteiger partial charge in [-0.2, -0.15) is 13.2 Å². The van der Waals surface area contributed by atoms with E-state index in [-0.39, 0.29) is 11.8 Å². The van der Waals surface area contributed by atoms with Crippen molar-refractivity contribution in [3.63, 3.8) is 0 Å². The molecular formula is C11H22F3NO. The minimum absolute atomic E-state index is 0.0637. The van der Waals surface area contributed by atoms with Gasteiger partial charge in [-0.1, -0.05) is 13.8 Å². The molecule has 98 valence electrons. The van der Waals surface area contributed by atoms with Crippen molar-refractivity contribution in [3.8, 4) is 0 Å². The molecule has 0 aromatic carbocycles. The lowest BCUT2D eigenvalue weighted by molar-refractivity contribution is -0.135. The van der Waals surface area contributed by atoms with Crippen LogP contribution in [0, 0.1) is 5.41 Å². The average molecular weight is 241 g/mol. The topological polar surface area (TPSA) is 21.3 Å². The molecule has 16 heavy (non-hydrogen) atoms. The van der Waals surface area contributed by atoms with Crippen LogP contribution in [0.4, 0.5) is 13.2 Å². The standard InChI is InChI=1S/C11H22F3NO/c1-10(2,6-8-16-3)9-15-7-4-5-11(12,13)14/h15H,4-9H2,1-3H3. The van der Waals surface area contributed by atoms with Crippen LogP contribution < -0.4 is 5.32 Å². The van der Waals surface area contributed by atoms with Crippen molar-refractivity contribution in [2.75, 3.05) is 26.8 Å². The molecule has 0 saturated carbocycles. The van der Waals surface area contributed by atoms with Crippen molar-refractivity contribution >= 4 is 0 Å². The Morgan fingerprint density at radius 2 is 1.75 bits per heavy atom. The molecule has 0 spiro atoms. The van der Waals surface area contributed by atoms with Crippen LogP contribution in [0.5, 0.6) is 0 Å². The highest BCUT2D eigenvalue weighted by Gasteiger charge is 2.26. The highest BCUT2D eigenvalue weighted by molar-refractivity contribution is 4.71. The van der Waals surface area contributed by atoms with Gasteiger partial charge in [-0.15, -0.1) is 0 Å². The zero-order chi connectivity index (χ0) is 12.7. The Bertz CT molecular complexity index is 181. The Morgan fingerprint density at radius 1 is 1.12 bits per heavy atom. The number of alkyl halides is 3. The normalized spacial score (nSPS) is 13.1. The fraction of sp³-hybridized carbons (Fsp3) is 1.00. The van der Waals surface area contributed by atoms with Crippen molar-refractivity contribution in [1.82, 2.24) is 5.32 Å². The second-order valence-electron chi connectivity index (χ2n) is 4.80. The maximum atomic E-state index is 11.8. The molecule has 0 fully saturated rings. The second-order valence-corrected chi connectivity index (χ2v) is 4.80. The fourth-order valence-electron chi connectivity index (χ4n) is 1.31. The van der Waals surface area contributed by atoms with Crippen molar-refractivity contribution in [2.24, 2.45) is 5.41 Å². The van der Waals surface area contributed by atoms with Crippen molar-refractivity contribution in [3.05, 3.63) is 0 Å². The molecule has 0 aromatic rings. The molecule has 0 unspecified atom stereocenters. The molecule has 0 aromatic heterocycles. The first-order valence-corrected chi connectivity index (χ1v) is 5.53. The highest BCUT2D eigenvalue weighted by Crippen LogP contribution is 2.21. The van der Waals surface area contributed by atoms with Gasteiger partial charge in [0.2, 0.25) is 0 Å². The molecule has 0 radical (unpaired) electrons. The molecule has 0 aliphatic carbocycles. The lowest BCUT2D eigenvalue weighted by atomic mass is 9.90. The second kappa shape index (κ2) is 7.12.